The number of hydrogen-bond donors (Lipinski definition) is 1. The summed E-state index contributed by atoms with van der Waals surface area (Å²) in [5.74, 6) is -0.338. The second kappa shape index (κ2) is 9.09. The monoisotopic (exact) mass is 393 g/mol. The van der Waals surface area contributed by atoms with Crippen molar-refractivity contribution in [3.05, 3.63) is 65.1 Å². The number of aryl methyl sites for hydroxylation is 3. The number of ether oxygens (including phenoxy) is 1. The van der Waals surface area contributed by atoms with E-state index in [1.54, 1.807) is 6.92 Å². The Morgan fingerprint density at radius 3 is 2.45 bits per heavy atom. The van der Waals surface area contributed by atoms with E-state index in [4.69, 9.17) is 4.74 Å². The summed E-state index contributed by atoms with van der Waals surface area (Å²) in [6.45, 7) is 5.61. The number of nitrogens with zero attached hydrogens (tertiary/aromatic N) is 4. The normalized spacial score (nSPS) is 10.6. The molecule has 2 heterocycles. The minimum Gasteiger partial charge on any atom is -0.462 e. The minimum absolute atomic E-state index is 0.155. The van der Waals surface area contributed by atoms with Crippen molar-refractivity contribution in [2.24, 2.45) is 0 Å². The Morgan fingerprint density at radius 1 is 1.10 bits per heavy atom. The Kier molecular flexibility index (Phi) is 6.33. The molecule has 1 aromatic carbocycles. The van der Waals surface area contributed by atoms with Crippen LogP contribution in [0.25, 0.3) is 5.95 Å². The van der Waals surface area contributed by atoms with E-state index in [2.05, 4.69) is 20.4 Å². The zero-order chi connectivity index (χ0) is 20.8. The Labute approximate surface area is 168 Å². The van der Waals surface area contributed by atoms with Crippen molar-refractivity contribution >= 4 is 17.7 Å². The third kappa shape index (κ3) is 5.04. The van der Waals surface area contributed by atoms with E-state index >= 15 is 0 Å². The minimum atomic E-state index is -0.568. The molecule has 3 aromatic rings. The van der Waals surface area contributed by atoms with Crippen molar-refractivity contribution < 1.29 is 14.3 Å². The van der Waals surface area contributed by atoms with Gasteiger partial charge in [0, 0.05) is 17.8 Å². The van der Waals surface area contributed by atoms with Gasteiger partial charge in [-0.25, -0.2) is 14.8 Å². The maximum absolute atomic E-state index is 12.6. The predicted octanol–water partition coefficient (Wildman–Crippen LogP) is 3.03. The molecule has 3 rings (SSSR count). The van der Waals surface area contributed by atoms with Crippen molar-refractivity contribution in [1.82, 2.24) is 19.7 Å². The summed E-state index contributed by atoms with van der Waals surface area (Å²) >= 11 is 0. The Balaban J connectivity index is 1.88. The molecule has 0 saturated carbocycles. The van der Waals surface area contributed by atoms with Crippen molar-refractivity contribution in [3.8, 4) is 5.95 Å². The van der Waals surface area contributed by atoms with Crippen LogP contribution < -0.4 is 5.32 Å². The first-order valence-electron chi connectivity index (χ1n) is 9.39. The van der Waals surface area contributed by atoms with Gasteiger partial charge in [0.25, 0.3) is 5.95 Å². The number of esters is 1. The van der Waals surface area contributed by atoms with E-state index in [1.165, 1.54) is 10.9 Å². The fourth-order valence-electron chi connectivity index (χ4n) is 2.88. The molecule has 1 amide bonds. The summed E-state index contributed by atoms with van der Waals surface area (Å²) in [5, 5.41) is 7.01. The molecule has 2 aromatic heterocycles. The third-order valence-electron chi connectivity index (χ3n) is 4.17. The first-order valence-corrected chi connectivity index (χ1v) is 9.39. The second-order valence-electron chi connectivity index (χ2n) is 6.52. The lowest BCUT2D eigenvalue weighted by Crippen LogP contribution is -2.19. The molecule has 0 atom stereocenters. The number of benzene rings is 1. The molecule has 0 aliphatic heterocycles. The second-order valence-corrected chi connectivity index (χ2v) is 6.52. The Bertz CT molecular complexity index is 994. The number of rotatable bonds is 7. The first-order chi connectivity index (χ1) is 14.0. The van der Waals surface area contributed by atoms with Gasteiger partial charge >= 0.3 is 5.97 Å². The van der Waals surface area contributed by atoms with Gasteiger partial charge in [0.05, 0.1) is 12.8 Å². The molecule has 0 saturated heterocycles. The van der Waals surface area contributed by atoms with Crippen LogP contribution in [-0.2, 0) is 16.0 Å². The number of carbonyl (C=O) groups is 2. The molecule has 0 aliphatic rings. The topological polar surface area (TPSA) is 99.0 Å². The summed E-state index contributed by atoms with van der Waals surface area (Å²) in [6.07, 6.45) is 2.19. The quantitative estimate of drug-likeness (QED) is 0.620. The van der Waals surface area contributed by atoms with Crippen LogP contribution in [0.1, 0.15) is 40.7 Å². The maximum atomic E-state index is 12.6. The van der Waals surface area contributed by atoms with Crippen molar-refractivity contribution in [1.29, 1.82) is 0 Å². The molecule has 0 radical (unpaired) electrons. The summed E-state index contributed by atoms with van der Waals surface area (Å²) in [5.41, 5.74) is 2.71. The summed E-state index contributed by atoms with van der Waals surface area (Å²) < 4.78 is 6.45. The van der Waals surface area contributed by atoms with Gasteiger partial charge in [-0.2, -0.15) is 9.78 Å². The largest absolute Gasteiger partial charge is 0.462 e. The van der Waals surface area contributed by atoms with Crippen LogP contribution in [0.5, 0.6) is 0 Å². The van der Waals surface area contributed by atoms with E-state index in [1.807, 2.05) is 50.2 Å². The van der Waals surface area contributed by atoms with E-state index in [-0.39, 0.29) is 36.3 Å². The highest BCUT2D eigenvalue weighted by Crippen LogP contribution is 2.20. The lowest BCUT2D eigenvalue weighted by atomic mass is 10.1. The molecule has 0 aliphatic carbocycles. The summed E-state index contributed by atoms with van der Waals surface area (Å²) in [6, 6.07) is 11.5. The van der Waals surface area contributed by atoms with Gasteiger partial charge in [-0.1, -0.05) is 30.3 Å². The van der Waals surface area contributed by atoms with Crippen molar-refractivity contribution in [3.63, 3.8) is 0 Å². The molecule has 150 valence electrons. The van der Waals surface area contributed by atoms with Gasteiger partial charge in [-0.05, 0) is 38.8 Å². The van der Waals surface area contributed by atoms with Gasteiger partial charge < -0.3 is 10.1 Å². The smallest absolute Gasteiger partial charge is 0.343 e. The van der Waals surface area contributed by atoms with E-state index < -0.39 is 5.97 Å². The summed E-state index contributed by atoms with van der Waals surface area (Å²) in [4.78, 5) is 33.7. The highest BCUT2D eigenvalue weighted by atomic mass is 16.5. The molecular weight excluding hydrogens is 370 g/mol. The van der Waals surface area contributed by atoms with Gasteiger partial charge in [0.2, 0.25) is 5.91 Å². The van der Waals surface area contributed by atoms with E-state index in [0.29, 0.717) is 6.42 Å². The van der Waals surface area contributed by atoms with Crippen molar-refractivity contribution in [2.75, 3.05) is 11.9 Å². The van der Waals surface area contributed by atoms with Gasteiger partial charge in [0.15, 0.2) is 5.82 Å². The highest BCUT2D eigenvalue weighted by molar-refractivity contribution is 6.00. The number of hydrogen-bond acceptors (Lipinski definition) is 6. The van der Waals surface area contributed by atoms with Gasteiger partial charge in [-0.3, -0.25) is 4.79 Å². The predicted molar refractivity (Wildman–Crippen MR) is 108 cm³/mol. The SMILES string of the molecule is CCOC(=O)c1cnn(-c2nc(C)cc(C)n2)c1NC(=O)CCc1ccccc1. The molecule has 8 heteroatoms. The molecule has 1 N–H and O–H groups in total. The van der Waals surface area contributed by atoms with Crippen molar-refractivity contribution in [2.45, 2.75) is 33.6 Å². The Morgan fingerprint density at radius 2 is 1.79 bits per heavy atom. The fraction of sp³-hybridized carbons (Fsp3) is 0.286. The van der Waals surface area contributed by atoms with Crippen LogP contribution in [0.15, 0.2) is 42.6 Å². The highest BCUT2D eigenvalue weighted by Gasteiger charge is 2.22. The number of anilines is 1. The number of nitrogens with one attached hydrogen (secondary N) is 1. The standard InChI is InChI=1S/C21H23N5O3/c1-4-29-20(28)17-13-22-26(21-23-14(2)12-15(3)24-21)19(17)25-18(27)11-10-16-8-6-5-7-9-16/h5-9,12-13H,4,10-11H2,1-3H3,(H,25,27). The van der Waals surface area contributed by atoms with Gasteiger partial charge in [0.1, 0.15) is 5.56 Å². The lowest BCUT2D eigenvalue weighted by Gasteiger charge is -2.11. The van der Waals surface area contributed by atoms with Crippen LogP contribution in [0.3, 0.4) is 0 Å². The average Bonchev–Trinajstić information content (AvgIpc) is 3.10. The van der Waals surface area contributed by atoms with Gasteiger partial charge in [-0.15, -0.1) is 0 Å². The van der Waals surface area contributed by atoms with Crippen LogP contribution in [0.4, 0.5) is 5.82 Å². The third-order valence-corrected chi connectivity index (χ3v) is 4.17. The molecule has 29 heavy (non-hydrogen) atoms. The van der Waals surface area contributed by atoms with Crippen LogP contribution in [-0.4, -0.2) is 38.2 Å². The number of carbonyl (C=O) groups excluding carboxylic acids is 2. The first kappa shape index (κ1) is 20.2. The average molecular weight is 393 g/mol. The fourth-order valence-corrected chi connectivity index (χ4v) is 2.88. The van der Waals surface area contributed by atoms with Crippen LogP contribution in [0.2, 0.25) is 0 Å². The molecule has 0 unspecified atom stereocenters. The van der Waals surface area contributed by atoms with E-state index in [0.717, 1.165) is 17.0 Å². The lowest BCUT2D eigenvalue weighted by molar-refractivity contribution is -0.116. The maximum Gasteiger partial charge on any atom is 0.343 e. The molecule has 0 spiro atoms. The van der Waals surface area contributed by atoms with E-state index in [9.17, 15) is 9.59 Å². The van der Waals surface area contributed by atoms with Crippen LogP contribution in [0, 0.1) is 13.8 Å². The molecule has 8 nitrogen and oxygen atoms in total. The van der Waals surface area contributed by atoms with Crippen LogP contribution >= 0.6 is 0 Å². The zero-order valence-corrected chi connectivity index (χ0v) is 16.7. The summed E-state index contributed by atoms with van der Waals surface area (Å²) in [7, 11) is 0. The zero-order valence-electron chi connectivity index (χ0n) is 16.7. The Hall–Kier alpha value is -3.55. The number of aromatic nitrogens is 4. The molecular formula is C21H23N5O3. The number of amides is 1. The molecule has 0 fully saturated rings. The molecule has 0 bridgehead atoms.